The molecule has 2 aromatic carbocycles. The Labute approximate surface area is 281 Å². The molecule has 0 saturated heterocycles. The van der Waals surface area contributed by atoms with Gasteiger partial charge in [-0.1, -0.05) is 69.3 Å². The van der Waals surface area contributed by atoms with Gasteiger partial charge >= 0.3 is 5.69 Å². The molecule has 0 amide bonds. The molecule has 0 aliphatic rings. The first-order valence-electron chi connectivity index (χ1n) is 15.8. The Balaban J connectivity index is 1.24. The van der Waals surface area contributed by atoms with Crippen molar-refractivity contribution in [1.29, 1.82) is 0 Å². The molecular weight excluding hydrogens is 628 g/mol. The van der Waals surface area contributed by atoms with Gasteiger partial charge in [-0.2, -0.15) is 5.10 Å². The number of ether oxygens (including phenoxy) is 2. The van der Waals surface area contributed by atoms with Gasteiger partial charge in [0.15, 0.2) is 11.6 Å². The van der Waals surface area contributed by atoms with Crippen LogP contribution in [0.1, 0.15) is 56.6 Å². The molecule has 0 aliphatic carbocycles. The fraction of sp³-hybridized carbons (Fsp3) is 0.333. The highest BCUT2D eigenvalue weighted by Gasteiger charge is 2.20. The number of benzene rings is 2. The summed E-state index contributed by atoms with van der Waals surface area (Å²) in [6.45, 7) is 9.52. The molecule has 0 saturated carbocycles. The summed E-state index contributed by atoms with van der Waals surface area (Å²) in [6.07, 6.45) is 3.52. The van der Waals surface area contributed by atoms with E-state index in [1.165, 1.54) is 38.1 Å². The lowest BCUT2D eigenvalue weighted by Gasteiger charge is -2.19. The second-order valence-corrected chi connectivity index (χ2v) is 14.2. The fourth-order valence-corrected chi connectivity index (χ4v) is 6.30. The molecule has 12 heteroatoms. The van der Waals surface area contributed by atoms with Gasteiger partial charge in [0.1, 0.15) is 10.7 Å². The minimum absolute atomic E-state index is 0.0319. The molecule has 0 unspecified atom stereocenters. The van der Waals surface area contributed by atoms with Crippen LogP contribution in [0.5, 0.6) is 11.6 Å². The van der Waals surface area contributed by atoms with E-state index in [4.69, 9.17) is 14.6 Å². The van der Waals surface area contributed by atoms with Crippen molar-refractivity contribution in [1.82, 2.24) is 24.3 Å². The fourth-order valence-electron chi connectivity index (χ4n) is 5.35. The van der Waals surface area contributed by atoms with E-state index in [0.717, 1.165) is 35.4 Å². The summed E-state index contributed by atoms with van der Waals surface area (Å²) in [5, 5.41) is 4.70. The smallest absolute Gasteiger partial charge is 0.346 e. The lowest BCUT2D eigenvalue weighted by atomic mass is 9.87. The van der Waals surface area contributed by atoms with Gasteiger partial charge in [-0.05, 0) is 60.1 Å². The van der Waals surface area contributed by atoms with Crippen molar-refractivity contribution in [3.05, 3.63) is 112 Å². The molecule has 5 aromatic rings. The van der Waals surface area contributed by atoms with Crippen LogP contribution in [-0.2, 0) is 41.4 Å². The number of anilines is 1. The molecule has 0 radical (unpaired) electrons. The number of aromatic nitrogens is 5. The van der Waals surface area contributed by atoms with E-state index in [1.807, 2.05) is 31.2 Å². The van der Waals surface area contributed by atoms with Gasteiger partial charge in [0.25, 0.3) is 10.0 Å². The highest BCUT2D eigenvalue weighted by molar-refractivity contribution is 7.92. The molecule has 252 valence electrons. The SMILES string of the molecule is CCn1c(CCCc2ccc(-c3ccc(OC)c(NS(=O)(=O)c4ccc(OC)nc4)n3)cc2)nn(Cc2ccc(C(C)(C)C)cc2)c1=O. The van der Waals surface area contributed by atoms with Crippen molar-refractivity contribution in [2.24, 2.45) is 0 Å². The Morgan fingerprint density at radius 3 is 2.17 bits per heavy atom. The number of hydrogen-bond acceptors (Lipinski definition) is 8. The number of rotatable bonds is 13. The Morgan fingerprint density at radius 1 is 0.854 bits per heavy atom. The van der Waals surface area contributed by atoms with Gasteiger partial charge in [-0.25, -0.2) is 27.9 Å². The topological polar surface area (TPSA) is 130 Å². The maximum absolute atomic E-state index is 13.1. The molecule has 3 heterocycles. The number of nitrogens with one attached hydrogen (secondary N) is 1. The van der Waals surface area contributed by atoms with E-state index in [2.05, 4.69) is 59.7 Å². The number of hydrogen-bond donors (Lipinski definition) is 1. The Kier molecular flexibility index (Phi) is 10.3. The summed E-state index contributed by atoms with van der Waals surface area (Å²) in [5.74, 6) is 1.44. The molecule has 0 aliphatic heterocycles. The summed E-state index contributed by atoms with van der Waals surface area (Å²) in [7, 11) is -1.07. The van der Waals surface area contributed by atoms with E-state index >= 15 is 0 Å². The minimum atomic E-state index is -3.98. The van der Waals surface area contributed by atoms with Gasteiger partial charge < -0.3 is 9.47 Å². The summed E-state index contributed by atoms with van der Waals surface area (Å²) in [4.78, 5) is 21.6. The highest BCUT2D eigenvalue weighted by Crippen LogP contribution is 2.29. The molecule has 0 fully saturated rings. The zero-order valence-electron chi connectivity index (χ0n) is 28.2. The number of aryl methyl sites for hydroxylation is 2. The summed E-state index contributed by atoms with van der Waals surface area (Å²) in [6, 6.07) is 22.7. The van der Waals surface area contributed by atoms with Crippen LogP contribution in [0.25, 0.3) is 11.3 Å². The van der Waals surface area contributed by atoms with Crippen molar-refractivity contribution in [3.8, 4) is 22.9 Å². The normalized spacial score (nSPS) is 11.8. The van der Waals surface area contributed by atoms with Gasteiger partial charge in [0, 0.05) is 24.6 Å². The van der Waals surface area contributed by atoms with Gasteiger partial charge in [-0.3, -0.25) is 9.29 Å². The van der Waals surface area contributed by atoms with Crippen molar-refractivity contribution < 1.29 is 17.9 Å². The van der Waals surface area contributed by atoms with Crippen molar-refractivity contribution in [2.75, 3.05) is 18.9 Å². The van der Waals surface area contributed by atoms with Crippen LogP contribution in [0.4, 0.5) is 5.82 Å². The number of pyridine rings is 2. The summed E-state index contributed by atoms with van der Waals surface area (Å²) >= 11 is 0. The molecule has 0 atom stereocenters. The quantitative estimate of drug-likeness (QED) is 0.165. The van der Waals surface area contributed by atoms with Crippen LogP contribution >= 0.6 is 0 Å². The first-order valence-corrected chi connectivity index (χ1v) is 17.3. The van der Waals surface area contributed by atoms with E-state index in [9.17, 15) is 13.2 Å². The monoisotopic (exact) mass is 670 g/mol. The van der Waals surface area contributed by atoms with Crippen molar-refractivity contribution in [2.45, 2.75) is 70.4 Å². The molecule has 1 N–H and O–H groups in total. The first kappa shape index (κ1) is 34.4. The molecular formula is C36H42N6O5S. The van der Waals surface area contributed by atoms with Crippen molar-refractivity contribution in [3.63, 3.8) is 0 Å². The Hall–Kier alpha value is -4.97. The molecule has 3 aromatic heterocycles. The third-order valence-electron chi connectivity index (χ3n) is 8.12. The first-order chi connectivity index (χ1) is 22.9. The summed E-state index contributed by atoms with van der Waals surface area (Å²) in [5.41, 5.74) is 4.81. The lowest BCUT2D eigenvalue weighted by Crippen LogP contribution is -2.25. The molecule has 0 bridgehead atoms. The predicted octanol–water partition coefficient (Wildman–Crippen LogP) is 5.86. The van der Waals surface area contributed by atoms with Crippen LogP contribution in [-0.4, -0.2) is 47.0 Å². The average molecular weight is 671 g/mol. The standard InChI is InChI=1S/C36H42N6O5S/c1-7-41-32(39-42(35(41)43)24-26-13-17-28(18-14-26)36(2,3)4)10-8-9-25-11-15-27(16-12-25)30-20-21-31(46-5)34(38-30)40-48(44,45)29-19-22-33(47-6)37-23-29/h11-23H,7-10,24H2,1-6H3,(H,38,40). The maximum atomic E-state index is 13.1. The van der Waals surface area contributed by atoms with Gasteiger partial charge in [-0.15, -0.1) is 0 Å². The molecule has 0 spiro atoms. The van der Waals surface area contributed by atoms with Gasteiger partial charge in [0.05, 0.1) is 32.7 Å². The highest BCUT2D eigenvalue weighted by atomic mass is 32.2. The number of methoxy groups -OCH3 is 2. The molecule has 5 rings (SSSR count). The third-order valence-corrected chi connectivity index (χ3v) is 9.45. The van der Waals surface area contributed by atoms with Crippen LogP contribution in [0, 0.1) is 0 Å². The lowest BCUT2D eigenvalue weighted by molar-refractivity contribution is 0.397. The van der Waals surface area contributed by atoms with Crippen LogP contribution in [0.3, 0.4) is 0 Å². The zero-order valence-corrected chi connectivity index (χ0v) is 29.0. The maximum Gasteiger partial charge on any atom is 0.346 e. The molecule has 48 heavy (non-hydrogen) atoms. The minimum Gasteiger partial charge on any atom is -0.493 e. The van der Waals surface area contributed by atoms with Crippen LogP contribution in [0.15, 0.2) is 88.7 Å². The average Bonchev–Trinajstić information content (AvgIpc) is 3.37. The van der Waals surface area contributed by atoms with E-state index < -0.39 is 10.0 Å². The third kappa shape index (κ3) is 7.93. The zero-order chi connectivity index (χ0) is 34.5. The Bertz CT molecular complexity index is 2010. The van der Waals surface area contributed by atoms with Crippen molar-refractivity contribution >= 4 is 15.8 Å². The van der Waals surface area contributed by atoms with Crippen LogP contribution in [0.2, 0.25) is 0 Å². The predicted molar refractivity (Wildman–Crippen MR) is 186 cm³/mol. The van der Waals surface area contributed by atoms with Crippen LogP contribution < -0.4 is 19.9 Å². The van der Waals surface area contributed by atoms with E-state index in [0.29, 0.717) is 31.1 Å². The van der Waals surface area contributed by atoms with E-state index in [1.54, 1.807) is 21.4 Å². The number of sulfonamides is 1. The Morgan fingerprint density at radius 2 is 1.56 bits per heavy atom. The largest absolute Gasteiger partial charge is 0.493 e. The van der Waals surface area contributed by atoms with Gasteiger partial charge in [0.2, 0.25) is 5.88 Å². The molecule has 11 nitrogen and oxygen atoms in total. The number of nitrogens with zero attached hydrogens (tertiary/aromatic N) is 5. The summed E-state index contributed by atoms with van der Waals surface area (Å²) < 4.78 is 42.3. The second kappa shape index (κ2) is 14.4. The second-order valence-electron chi connectivity index (χ2n) is 12.5. The van der Waals surface area contributed by atoms with E-state index in [-0.39, 0.29) is 27.6 Å².